The SMILES string of the molecule is O=C(CSc1ccc2ccccc2c1)c1ccc([N+](=O)[O-])cc1. The average Bonchev–Trinajstić information content (AvgIpc) is 2.59. The molecule has 0 saturated carbocycles. The first-order chi connectivity index (χ1) is 11.1. The number of ketones is 1. The van der Waals surface area contributed by atoms with Crippen LogP contribution in [0.25, 0.3) is 10.8 Å². The predicted octanol–water partition coefficient (Wildman–Crippen LogP) is 4.72. The Labute approximate surface area is 137 Å². The molecule has 0 bridgehead atoms. The summed E-state index contributed by atoms with van der Waals surface area (Å²) in [7, 11) is 0. The van der Waals surface area contributed by atoms with Gasteiger partial charge in [-0.15, -0.1) is 11.8 Å². The Bertz CT molecular complexity index is 875. The van der Waals surface area contributed by atoms with Crippen LogP contribution >= 0.6 is 11.8 Å². The second-order valence-corrected chi connectivity index (χ2v) is 6.07. The molecular formula is C18H13NO3S. The first-order valence-electron chi connectivity index (χ1n) is 7.03. The number of thioether (sulfide) groups is 1. The van der Waals surface area contributed by atoms with E-state index < -0.39 is 4.92 Å². The van der Waals surface area contributed by atoms with Gasteiger partial charge in [0.15, 0.2) is 5.78 Å². The van der Waals surface area contributed by atoms with Crippen LogP contribution in [0.4, 0.5) is 5.69 Å². The third kappa shape index (κ3) is 3.57. The van der Waals surface area contributed by atoms with Crippen LogP contribution in [0.1, 0.15) is 10.4 Å². The summed E-state index contributed by atoms with van der Waals surface area (Å²) < 4.78 is 0. The lowest BCUT2D eigenvalue weighted by Crippen LogP contribution is -2.02. The topological polar surface area (TPSA) is 60.2 Å². The van der Waals surface area contributed by atoms with Gasteiger partial charge >= 0.3 is 0 Å². The number of rotatable bonds is 5. The first-order valence-corrected chi connectivity index (χ1v) is 8.01. The van der Waals surface area contributed by atoms with Gasteiger partial charge in [0.2, 0.25) is 0 Å². The second kappa shape index (κ2) is 6.62. The first kappa shape index (κ1) is 15.2. The standard InChI is InChI=1S/C18H13NO3S/c20-18(14-5-8-16(9-6-14)19(21)22)12-23-17-10-7-13-3-1-2-4-15(13)11-17/h1-11H,12H2. The van der Waals surface area contributed by atoms with Crippen molar-refractivity contribution < 1.29 is 9.72 Å². The highest BCUT2D eigenvalue weighted by Gasteiger charge is 2.10. The summed E-state index contributed by atoms with van der Waals surface area (Å²) in [5.41, 5.74) is 0.479. The summed E-state index contributed by atoms with van der Waals surface area (Å²) in [6.45, 7) is 0. The van der Waals surface area contributed by atoms with Crippen LogP contribution in [-0.2, 0) is 0 Å². The van der Waals surface area contributed by atoms with Gasteiger partial charge in [-0.3, -0.25) is 14.9 Å². The molecule has 0 heterocycles. The monoisotopic (exact) mass is 323 g/mol. The van der Waals surface area contributed by atoms with Gasteiger partial charge in [0.25, 0.3) is 5.69 Å². The molecule has 0 aliphatic rings. The van der Waals surface area contributed by atoms with Crippen molar-refractivity contribution in [3.05, 3.63) is 82.4 Å². The number of nitro benzene ring substituents is 1. The molecule has 0 aromatic heterocycles. The van der Waals surface area contributed by atoms with E-state index in [2.05, 4.69) is 6.07 Å². The van der Waals surface area contributed by atoms with Gasteiger partial charge < -0.3 is 0 Å². The van der Waals surface area contributed by atoms with E-state index in [0.717, 1.165) is 10.3 Å². The molecule has 0 N–H and O–H groups in total. The molecule has 0 fully saturated rings. The minimum atomic E-state index is -0.474. The van der Waals surface area contributed by atoms with Gasteiger partial charge in [-0.05, 0) is 35.0 Å². The summed E-state index contributed by atoms with van der Waals surface area (Å²) in [6, 6.07) is 19.9. The van der Waals surface area contributed by atoms with Crippen LogP contribution < -0.4 is 0 Å². The van der Waals surface area contributed by atoms with Crippen molar-refractivity contribution in [2.45, 2.75) is 4.90 Å². The van der Waals surface area contributed by atoms with Gasteiger partial charge in [-0.1, -0.05) is 30.3 Å². The summed E-state index contributed by atoms with van der Waals surface area (Å²) in [6.07, 6.45) is 0. The van der Waals surface area contributed by atoms with Crippen molar-refractivity contribution in [1.29, 1.82) is 0 Å². The maximum absolute atomic E-state index is 12.2. The lowest BCUT2D eigenvalue weighted by Gasteiger charge is -2.04. The molecule has 0 atom stereocenters. The van der Waals surface area contributed by atoms with Crippen LogP contribution in [0.3, 0.4) is 0 Å². The van der Waals surface area contributed by atoms with Gasteiger partial charge in [-0.25, -0.2) is 0 Å². The minimum absolute atomic E-state index is 0.0104. The number of fused-ring (bicyclic) bond motifs is 1. The van der Waals surface area contributed by atoms with Crippen LogP contribution in [0.5, 0.6) is 0 Å². The fourth-order valence-corrected chi connectivity index (χ4v) is 3.10. The number of Topliss-reactive ketones (excluding diaryl/α,β-unsaturated/α-hetero) is 1. The molecule has 0 radical (unpaired) electrons. The highest BCUT2D eigenvalue weighted by molar-refractivity contribution is 8.00. The van der Waals surface area contributed by atoms with Crippen LogP contribution in [0.15, 0.2) is 71.6 Å². The van der Waals surface area contributed by atoms with Gasteiger partial charge in [0.05, 0.1) is 10.7 Å². The zero-order valence-electron chi connectivity index (χ0n) is 12.1. The van der Waals surface area contributed by atoms with E-state index in [1.807, 2.05) is 36.4 Å². The van der Waals surface area contributed by atoms with Crippen molar-refractivity contribution in [3.8, 4) is 0 Å². The van der Waals surface area contributed by atoms with E-state index in [0.29, 0.717) is 11.3 Å². The number of benzene rings is 3. The van der Waals surface area contributed by atoms with Crippen molar-refractivity contribution in [1.82, 2.24) is 0 Å². The lowest BCUT2D eigenvalue weighted by atomic mass is 10.1. The lowest BCUT2D eigenvalue weighted by molar-refractivity contribution is -0.384. The molecule has 0 unspecified atom stereocenters. The molecule has 3 aromatic rings. The van der Waals surface area contributed by atoms with Crippen molar-refractivity contribution >= 4 is 34.0 Å². The van der Waals surface area contributed by atoms with Gasteiger partial charge in [0.1, 0.15) is 0 Å². The van der Waals surface area contributed by atoms with Gasteiger partial charge in [-0.2, -0.15) is 0 Å². The number of carbonyl (C=O) groups is 1. The third-order valence-corrected chi connectivity index (χ3v) is 4.48. The minimum Gasteiger partial charge on any atom is -0.293 e. The zero-order valence-corrected chi connectivity index (χ0v) is 13.0. The summed E-state index contributed by atoms with van der Waals surface area (Å²) in [4.78, 5) is 23.3. The predicted molar refractivity (Wildman–Crippen MR) is 92.1 cm³/mol. The Morgan fingerprint density at radius 2 is 1.65 bits per heavy atom. The molecule has 5 heteroatoms. The number of hydrogen-bond acceptors (Lipinski definition) is 4. The second-order valence-electron chi connectivity index (χ2n) is 5.02. The quantitative estimate of drug-likeness (QED) is 0.295. The molecule has 114 valence electrons. The Hall–Kier alpha value is -2.66. The smallest absolute Gasteiger partial charge is 0.269 e. The summed E-state index contributed by atoms with van der Waals surface area (Å²) in [5, 5.41) is 12.9. The average molecular weight is 323 g/mol. The highest BCUT2D eigenvalue weighted by Crippen LogP contribution is 2.24. The Kier molecular flexibility index (Phi) is 4.39. The third-order valence-electron chi connectivity index (χ3n) is 3.49. The fraction of sp³-hybridized carbons (Fsp3) is 0.0556. The Morgan fingerprint density at radius 3 is 2.35 bits per heavy atom. The Balaban J connectivity index is 1.68. The maximum atomic E-state index is 12.2. The molecule has 4 nitrogen and oxygen atoms in total. The highest BCUT2D eigenvalue weighted by atomic mass is 32.2. The zero-order chi connectivity index (χ0) is 16.2. The largest absolute Gasteiger partial charge is 0.293 e. The summed E-state index contributed by atoms with van der Waals surface area (Å²) in [5.74, 6) is 0.258. The van der Waals surface area contributed by atoms with E-state index in [1.165, 1.54) is 41.4 Å². The van der Waals surface area contributed by atoms with Crippen LogP contribution in [0, 0.1) is 10.1 Å². The molecule has 0 saturated heterocycles. The Morgan fingerprint density at radius 1 is 0.957 bits per heavy atom. The van der Waals surface area contributed by atoms with Crippen LogP contribution in [0.2, 0.25) is 0 Å². The van der Waals surface area contributed by atoms with E-state index in [4.69, 9.17) is 0 Å². The fourth-order valence-electron chi connectivity index (χ4n) is 2.26. The van der Waals surface area contributed by atoms with Gasteiger partial charge in [0, 0.05) is 22.6 Å². The van der Waals surface area contributed by atoms with Crippen LogP contribution in [-0.4, -0.2) is 16.5 Å². The molecular weight excluding hydrogens is 310 g/mol. The number of nitrogens with zero attached hydrogens (tertiary/aromatic N) is 1. The molecule has 3 aromatic carbocycles. The van der Waals surface area contributed by atoms with Crippen molar-refractivity contribution in [2.24, 2.45) is 0 Å². The van der Waals surface area contributed by atoms with E-state index in [-0.39, 0.29) is 11.5 Å². The molecule has 0 aliphatic carbocycles. The number of hydrogen-bond donors (Lipinski definition) is 0. The van der Waals surface area contributed by atoms with E-state index in [1.54, 1.807) is 0 Å². The molecule has 0 amide bonds. The molecule has 3 rings (SSSR count). The number of non-ortho nitro benzene ring substituents is 1. The van der Waals surface area contributed by atoms with Crippen molar-refractivity contribution in [3.63, 3.8) is 0 Å². The van der Waals surface area contributed by atoms with E-state index >= 15 is 0 Å². The normalized spacial score (nSPS) is 10.6. The molecule has 0 aliphatic heterocycles. The molecule has 23 heavy (non-hydrogen) atoms. The summed E-state index contributed by atoms with van der Waals surface area (Å²) >= 11 is 1.47. The van der Waals surface area contributed by atoms with E-state index in [9.17, 15) is 14.9 Å². The number of nitro groups is 1. The van der Waals surface area contributed by atoms with Crippen molar-refractivity contribution in [2.75, 3.05) is 5.75 Å². The molecule has 0 spiro atoms. The number of carbonyl (C=O) groups excluding carboxylic acids is 1. The maximum Gasteiger partial charge on any atom is 0.269 e.